The van der Waals surface area contributed by atoms with E-state index in [0.29, 0.717) is 28.3 Å². The van der Waals surface area contributed by atoms with Crippen molar-refractivity contribution in [2.45, 2.75) is 6.92 Å². The normalized spacial score (nSPS) is 10.1. The van der Waals surface area contributed by atoms with E-state index < -0.39 is 0 Å². The first-order valence-corrected chi connectivity index (χ1v) is 6.81. The van der Waals surface area contributed by atoms with Crippen LogP contribution in [0.25, 0.3) is 0 Å². The van der Waals surface area contributed by atoms with Gasteiger partial charge < -0.3 is 20.1 Å². The molecule has 0 aliphatic heterocycles. The van der Waals surface area contributed by atoms with Gasteiger partial charge in [0.05, 0.1) is 20.4 Å². The first-order chi connectivity index (χ1) is 10.2. The summed E-state index contributed by atoms with van der Waals surface area (Å²) >= 11 is 6.11. The summed E-state index contributed by atoms with van der Waals surface area (Å²) in [6, 6.07) is 5.47. The van der Waals surface area contributed by atoms with Gasteiger partial charge in [0.25, 0.3) is 0 Å². The molecule has 0 amide bonds. The van der Waals surface area contributed by atoms with Crippen molar-refractivity contribution in [1.82, 2.24) is 9.97 Å². The Morgan fingerprint density at radius 3 is 2.62 bits per heavy atom. The molecule has 21 heavy (non-hydrogen) atoms. The minimum Gasteiger partial charge on any atom is -0.493 e. The first-order valence-electron chi connectivity index (χ1n) is 6.43. The Bertz CT molecular complexity index is 622. The second kappa shape index (κ2) is 6.99. The number of aromatic nitrogens is 2. The van der Waals surface area contributed by atoms with E-state index >= 15 is 0 Å². The smallest absolute Gasteiger partial charge is 0.224 e. The molecule has 1 aromatic heterocycles. The molecule has 1 heterocycles. The van der Waals surface area contributed by atoms with Crippen molar-refractivity contribution in [1.29, 1.82) is 0 Å². The van der Waals surface area contributed by atoms with Crippen LogP contribution in [0.4, 0.5) is 17.5 Å². The number of hydrogen-bond donors (Lipinski definition) is 2. The van der Waals surface area contributed by atoms with Crippen LogP contribution in [-0.2, 0) is 0 Å². The highest BCUT2D eigenvalue weighted by Gasteiger charge is 2.08. The van der Waals surface area contributed by atoms with Crippen molar-refractivity contribution < 1.29 is 9.47 Å². The summed E-state index contributed by atoms with van der Waals surface area (Å²) in [5.41, 5.74) is 0.788. The highest BCUT2D eigenvalue weighted by molar-refractivity contribution is 6.32. The van der Waals surface area contributed by atoms with Crippen molar-refractivity contribution in [2.24, 2.45) is 0 Å². The Balaban J connectivity index is 2.27. The molecule has 7 heteroatoms. The summed E-state index contributed by atoms with van der Waals surface area (Å²) in [7, 11) is 3.18. The third-order valence-electron chi connectivity index (χ3n) is 2.73. The molecule has 0 bridgehead atoms. The Kier molecular flexibility index (Phi) is 5.05. The third kappa shape index (κ3) is 3.66. The van der Waals surface area contributed by atoms with Gasteiger partial charge in [-0.2, -0.15) is 4.98 Å². The van der Waals surface area contributed by atoms with Gasteiger partial charge in [-0.3, -0.25) is 0 Å². The van der Waals surface area contributed by atoms with Gasteiger partial charge in [-0.15, -0.1) is 0 Å². The quantitative estimate of drug-likeness (QED) is 0.853. The molecule has 1 aromatic carbocycles. The van der Waals surface area contributed by atoms with Crippen molar-refractivity contribution in [3.63, 3.8) is 0 Å². The van der Waals surface area contributed by atoms with E-state index in [1.807, 2.05) is 25.1 Å². The molecule has 0 fully saturated rings. The van der Waals surface area contributed by atoms with Crippen molar-refractivity contribution in [2.75, 3.05) is 31.4 Å². The van der Waals surface area contributed by atoms with Gasteiger partial charge in [0.2, 0.25) is 5.95 Å². The number of rotatable bonds is 6. The number of anilines is 3. The van der Waals surface area contributed by atoms with Crippen LogP contribution < -0.4 is 20.1 Å². The molecule has 0 aliphatic rings. The van der Waals surface area contributed by atoms with Gasteiger partial charge in [-0.25, -0.2) is 4.98 Å². The summed E-state index contributed by atoms with van der Waals surface area (Å²) in [5, 5.41) is 6.61. The van der Waals surface area contributed by atoms with E-state index in [1.54, 1.807) is 20.4 Å². The van der Waals surface area contributed by atoms with Gasteiger partial charge in [-0.05, 0) is 19.1 Å². The fourth-order valence-corrected chi connectivity index (χ4v) is 1.89. The number of ether oxygens (including phenoxy) is 2. The Morgan fingerprint density at radius 2 is 1.95 bits per heavy atom. The molecule has 0 saturated heterocycles. The third-order valence-corrected chi connectivity index (χ3v) is 3.00. The van der Waals surface area contributed by atoms with E-state index in [2.05, 4.69) is 20.6 Å². The molecule has 0 saturated carbocycles. The minimum absolute atomic E-state index is 0.437. The molecule has 112 valence electrons. The Hall–Kier alpha value is -2.21. The largest absolute Gasteiger partial charge is 0.493 e. The van der Waals surface area contributed by atoms with Crippen molar-refractivity contribution in [3.05, 3.63) is 29.4 Å². The average molecular weight is 309 g/mol. The predicted octanol–water partition coefficient (Wildman–Crippen LogP) is 3.32. The Morgan fingerprint density at radius 1 is 1.19 bits per heavy atom. The molecule has 2 aromatic rings. The van der Waals surface area contributed by atoms with Gasteiger partial charge >= 0.3 is 0 Å². The maximum atomic E-state index is 6.11. The number of methoxy groups -OCH3 is 2. The molecule has 2 rings (SSSR count). The molecule has 0 unspecified atom stereocenters. The second-order valence-corrected chi connectivity index (χ2v) is 4.52. The lowest BCUT2D eigenvalue weighted by Gasteiger charge is -2.12. The molecule has 6 nitrogen and oxygen atoms in total. The highest BCUT2D eigenvalue weighted by Crippen LogP contribution is 2.32. The van der Waals surface area contributed by atoms with Crippen LogP contribution in [0.2, 0.25) is 5.02 Å². The topological polar surface area (TPSA) is 68.3 Å². The molecular weight excluding hydrogens is 292 g/mol. The number of hydrogen-bond acceptors (Lipinski definition) is 6. The summed E-state index contributed by atoms with van der Waals surface area (Å²) in [4.78, 5) is 8.41. The van der Waals surface area contributed by atoms with Crippen LogP contribution >= 0.6 is 11.6 Å². The molecule has 0 aliphatic carbocycles. The van der Waals surface area contributed by atoms with E-state index in [0.717, 1.165) is 12.2 Å². The average Bonchev–Trinajstić information content (AvgIpc) is 2.50. The molecular formula is C14H17ClN4O2. The van der Waals surface area contributed by atoms with Crippen molar-refractivity contribution in [3.8, 4) is 11.5 Å². The lowest BCUT2D eigenvalue weighted by Crippen LogP contribution is -2.04. The van der Waals surface area contributed by atoms with Crippen LogP contribution in [0.5, 0.6) is 11.5 Å². The van der Waals surface area contributed by atoms with Crippen LogP contribution in [0.15, 0.2) is 24.4 Å². The van der Waals surface area contributed by atoms with Gasteiger partial charge in [0.15, 0.2) is 17.3 Å². The lowest BCUT2D eigenvalue weighted by atomic mass is 10.2. The maximum absolute atomic E-state index is 6.11. The first kappa shape index (κ1) is 15.2. The zero-order valence-corrected chi connectivity index (χ0v) is 12.9. The summed E-state index contributed by atoms with van der Waals surface area (Å²) in [5.74, 6) is 2.32. The van der Waals surface area contributed by atoms with Crippen LogP contribution in [0.1, 0.15) is 6.92 Å². The number of halogens is 1. The molecule has 0 atom stereocenters. The van der Waals surface area contributed by atoms with Gasteiger partial charge in [0.1, 0.15) is 5.02 Å². The van der Waals surface area contributed by atoms with E-state index in [4.69, 9.17) is 21.1 Å². The van der Waals surface area contributed by atoms with Crippen LogP contribution in [-0.4, -0.2) is 30.7 Å². The minimum atomic E-state index is 0.437. The summed E-state index contributed by atoms with van der Waals surface area (Å²) < 4.78 is 10.5. The predicted molar refractivity (Wildman–Crippen MR) is 84.0 cm³/mol. The van der Waals surface area contributed by atoms with Crippen LogP contribution in [0, 0.1) is 0 Å². The molecule has 0 spiro atoms. The highest BCUT2D eigenvalue weighted by atomic mass is 35.5. The summed E-state index contributed by atoms with van der Waals surface area (Å²) in [6.07, 6.45) is 1.55. The lowest BCUT2D eigenvalue weighted by molar-refractivity contribution is 0.355. The second-order valence-electron chi connectivity index (χ2n) is 4.12. The molecule has 2 N–H and O–H groups in total. The fraction of sp³-hybridized carbons (Fsp3) is 0.286. The van der Waals surface area contributed by atoms with Crippen LogP contribution in [0.3, 0.4) is 0 Å². The van der Waals surface area contributed by atoms with Gasteiger partial charge in [0, 0.05) is 18.3 Å². The van der Waals surface area contributed by atoms with E-state index in [1.165, 1.54) is 0 Å². The fourth-order valence-electron chi connectivity index (χ4n) is 1.75. The Labute approximate surface area is 128 Å². The SMILES string of the molecule is CCNc1ncc(Cl)c(Nc2ccc(OC)c(OC)c2)n1. The molecule has 0 radical (unpaired) electrons. The maximum Gasteiger partial charge on any atom is 0.224 e. The number of benzene rings is 1. The van der Waals surface area contributed by atoms with Gasteiger partial charge in [-0.1, -0.05) is 11.6 Å². The van der Waals surface area contributed by atoms with E-state index in [9.17, 15) is 0 Å². The monoisotopic (exact) mass is 308 g/mol. The zero-order chi connectivity index (χ0) is 15.2. The summed E-state index contributed by atoms with van der Waals surface area (Å²) in [6.45, 7) is 2.71. The number of nitrogens with one attached hydrogen (secondary N) is 2. The zero-order valence-electron chi connectivity index (χ0n) is 12.1. The van der Waals surface area contributed by atoms with Crippen molar-refractivity contribution >= 4 is 29.1 Å². The van der Waals surface area contributed by atoms with E-state index in [-0.39, 0.29) is 0 Å². The standard InChI is InChI=1S/C14H17ClN4O2/c1-4-16-14-17-8-10(15)13(19-14)18-9-5-6-11(20-2)12(7-9)21-3/h5-8H,4H2,1-3H3,(H2,16,17,18,19). The number of nitrogens with zero attached hydrogens (tertiary/aromatic N) is 2.